The summed E-state index contributed by atoms with van der Waals surface area (Å²) in [5.41, 5.74) is 0.691. The molecule has 0 amide bonds. The Hall–Kier alpha value is -2.44. The number of aromatic nitrogens is 2. The molecule has 2 aromatic carbocycles. The van der Waals surface area contributed by atoms with Crippen LogP contribution in [0.5, 0.6) is 0 Å². The van der Waals surface area contributed by atoms with Crippen LogP contribution in [0, 0.1) is 5.82 Å². The Bertz CT molecular complexity index is 913. The molecule has 0 unspecified atom stereocenters. The number of halogens is 3. The first-order chi connectivity index (χ1) is 12.0. The van der Waals surface area contributed by atoms with E-state index < -0.39 is 12.1 Å². The van der Waals surface area contributed by atoms with Crippen molar-refractivity contribution in [3.63, 3.8) is 0 Å². The molecule has 1 atom stereocenters. The lowest BCUT2D eigenvalue weighted by Gasteiger charge is -2.10. The monoisotopic (exact) mass is 380 g/mol. The summed E-state index contributed by atoms with van der Waals surface area (Å²) >= 11 is 11.9. The van der Waals surface area contributed by atoms with Crippen LogP contribution in [0.2, 0.25) is 10.0 Å². The van der Waals surface area contributed by atoms with E-state index in [4.69, 9.17) is 32.4 Å². The Morgan fingerprint density at radius 1 is 1.16 bits per heavy atom. The minimum absolute atomic E-state index is 0.103. The van der Waals surface area contributed by atoms with Gasteiger partial charge in [-0.1, -0.05) is 29.3 Å². The average molecular weight is 381 g/mol. The van der Waals surface area contributed by atoms with Crippen molar-refractivity contribution >= 4 is 29.2 Å². The van der Waals surface area contributed by atoms with Crippen LogP contribution in [0.1, 0.15) is 29.3 Å². The van der Waals surface area contributed by atoms with Crippen molar-refractivity contribution in [1.82, 2.24) is 10.2 Å². The van der Waals surface area contributed by atoms with Crippen LogP contribution in [0.15, 0.2) is 46.9 Å². The highest BCUT2D eigenvalue weighted by molar-refractivity contribution is 6.43. The molecule has 0 fully saturated rings. The summed E-state index contributed by atoms with van der Waals surface area (Å²) in [6.07, 6.45) is -0.802. The van der Waals surface area contributed by atoms with E-state index in [0.29, 0.717) is 5.56 Å². The Kier molecular flexibility index (Phi) is 5.01. The summed E-state index contributed by atoms with van der Waals surface area (Å²) in [4.78, 5) is 12.2. The molecule has 0 saturated heterocycles. The van der Waals surface area contributed by atoms with Gasteiger partial charge < -0.3 is 9.15 Å². The molecule has 3 rings (SSSR count). The van der Waals surface area contributed by atoms with Gasteiger partial charge in [-0.25, -0.2) is 9.18 Å². The summed E-state index contributed by atoms with van der Waals surface area (Å²) in [7, 11) is 0. The standard InChI is InChI=1S/C17H11Cl2FN2O3/c1-9(24-17(23)12-3-2-4-13(18)14(12)19)15-21-22-16(25-15)10-5-7-11(20)8-6-10/h2-9H,1H3/t9-/m0/s1. The minimum atomic E-state index is -0.802. The van der Waals surface area contributed by atoms with Crippen LogP contribution in [0.4, 0.5) is 4.39 Å². The number of carbonyl (C=O) groups excluding carboxylic acids is 1. The third kappa shape index (κ3) is 3.81. The predicted molar refractivity (Wildman–Crippen MR) is 90.0 cm³/mol. The van der Waals surface area contributed by atoms with Crippen LogP contribution in [0.25, 0.3) is 11.5 Å². The molecule has 1 heterocycles. The molecule has 0 radical (unpaired) electrons. The van der Waals surface area contributed by atoms with Crippen molar-refractivity contribution in [3.8, 4) is 11.5 Å². The largest absolute Gasteiger partial charge is 0.449 e. The maximum atomic E-state index is 13.0. The quantitative estimate of drug-likeness (QED) is 0.589. The fourth-order valence-corrected chi connectivity index (χ4v) is 2.42. The van der Waals surface area contributed by atoms with Gasteiger partial charge in [-0.2, -0.15) is 0 Å². The Morgan fingerprint density at radius 2 is 1.88 bits per heavy atom. The fourth-order valence-electron chi connectivity index (χ4n) is 2.04. The zero-order chi connectivity index (χ0) is 18.0. The first-order valence-corrected chi connectivity index (χ1v) is 7.95. The molecule has 1 aromatic heterocycles. The third-order valence-electron chi connectivity index (χ3n) is 3.33. The van der Waals surface area contributed by atoms with E-state index >= 15 is 0 Å². The second kappa shape index (κ2) is 7.21. The minimum Gasteiger partial charge on any atom is -0.449 e. The maximum Gasteiger partial charge on any atom is 0.340 e. The first kappa shape index (κ1) is 17.4. The van der Waals surface area contributed by atoms with Crippen molar-refractivity contribution in [2.45, 2.75) is 13.0 Å². The highest BCUT2D eigenvalue weighted by atomic mass is 35.5. The second-order valence-electron chi connectivity index (χ2n) is 5.10. The zero-order valence-corrected chi connectivity index (χ0v) is 14.4. The summed E-state index contributed by atoms with van der Waals surface area (Å²) in [6, 6.07) is 10.2. The molecule has 128 valence electrons. The Balaban J connectivity index is 1.75. The second-order valence-corrected chi connectivity index (χ2v) is 5.89. The lowest BCUT2D eigenvalue weighted by molar-refractivity contribution is 0.0280. The SMILES string of the molecule is C[C@H](OC(=O)c1cccc(Cl)c1Cl)c1nnc(-c2ccc(F)cc2)o1. The van der Waals surface area contributed by atoms with E-state index in [9.17, 15) is 9.18 Å². The molecular weight excluding hydrogens is 370 g/mol. The van der Waals surface area contributed by atoms with Crippen molar-refractivity contribution in [2.24, 2.45) is 0 Å². The van der Waals surface area contributed by atoms with Crippen LogP contribution in [-0.4, -0.2) is 16.2 Å². The van der Waals surface area contributed by atoms with Crippen LogP contribution in [-0.2, 0) is 4.74 Å². The van der Waals surface area contributed by atoms with Crippen LogP contribution in [0.3, 0.4) is 0 Å². The van der Waals surface area contributed by atoms with Crippen molar-refractivity contribution in [1.29, 1.82) is 0 Å². The number of esters is 1. The van der Waals surface area contributed by atoms with Gasteiger partial charge in [0.1, 0.15) is 5.82 Å². The molecule has 0 bridgehead atoms. The van der Waals surface area contributed by atoms with Crippen molar-refractivity contribution < 1.29 is 18.3 Å². The summed E-state index contributed by atoms with van der Waals surface area (Å²) in [5, 5.41) is 8.09. The van der Waals surface area contributed by atoms with Gasteiger partial charge in [-0.05, 0) is 43.3 Å². The van der Waals surface area contributed by atoms with Crippen molar-refractivity contribution in [3.05, 3.63) is 69.8 Å². The van der Waals surface area contributed by atoms with Crippen molar-refractivity contribution in [2.75, 3.05) is 0 Å². The van der Waals surface area contributed by atoms with Gasteiger partial charge in [-0.15, -0.1) is 10.2 Å². The molecule has 0 aliphatic rings. The molecule has 0 saturated carbocycles. The Morgan fingerprint density at radius 3 is 2.60 bits per heavy atom. The van der Waals surface area contributed by atoms with Gasteiger partial charge in [0.05, 0.1) is 15.6 Å². The topological polar surface area (TPSA) is 65.2 Å². The first-order valence-electron chi connectivity index (χ1n) is 7.20. The third-order valence-corrected chi connectivity index (χ3v) is 4.15. The molecule has 3 aromatic rings. The highest BCUT2D eigenvalue weighted by Gasteiger charge is 2.22. The molecular formula is C17H11Cl2FN2O3. The smallest absolute Gasteiger partial charge is 0.340 e. The van der Waals surface area contributed by atoms with Crippen LogP contribution >= 0.6 is 23.2 Å². The lowest BCUT2D eigenvalue weighted by Crippen LogP contribution is -2.10. The summed E-state index contributed by atoms with van der Waals surface area (Å²) < 4.78 is 23.7. The van der Waals surface area contributed by atoms with Gasteiger partial charge in [0.25, 0.3) is 5.89 Å². The molecule has 25 heavy (non-hydrogen) atoms. The summed E-state index contributed by atoms with van der Waals surface area (Å²) in [5.74, 6) is -0.741. The zero-order valence-electron chi connectivity index (χ0n) is 12.9. The molecule has 0 N–H and O–H groups in total. The average Bonchev–Trinajstić information content (AvgIpc) is 3.08. The van der Waals surface area contributed by atoms with Gasteiger partial charge in [0.2, 0.25) is 5.89 Å². The number of carbonyl (C=O) groups is 1. The van der Waals surface area contributed by atoms with E-state index in [1.54, 1.807) is 19.1 Å². The van der Waals surface area contributed by atoms with E-state index in [1.165, 1.54) is 30.3 Å². The Labute approximate surface area is 152 Å². The molecule has 8 heteroatoms. The number of hydrogen-bond donors (Lipinski definition) is 0. The molecule has 0 aliphatic heterocycles. The van der Waals surface area contributed by atoms with E-state index in [2.05, 4.69) is 10.2 Å². The van der Waals surface area contributed by atoms with Gasteiger partial charge in [0, 0.05) is 5.56 Å². The van der Waals surface area contributed by atoms with E-state index in [-0.39, 0.29) is 33.2 Å². The maximum absolute atomic E-state index is 13.0. The fraction of sp³-hybridized carbons (Fsp3) is 0.118. The molecule has 5 nitrogen and oxygen atoms in total. The lowest BCUT2D eigenvalue weighted by atomic mass is 10.2. The molecule has 0 spiro atoms. The van der Waals surface area contributed by atoms with E-state index in [1.807, 2.05) is 0 Å². The number of ether oxygens (including phenoxy) is 1. The number of rotatable bonds is 4. The van der Waals surface area contributed by atoms with Gasteiger partial charge in [0.15, 0.2) is 6.10 Å². The number of benzene rings is 2. The van der Waals surface area contributed by atoms with Gasteiger partial charge >= 0.3 is 5.97 Å². The highest BCUT2D eigenvalue weighted by Crippen LogP contribution is 2.28. The molecule has 0 aliphatic carbocycles. The normalized spacial score (nSPS) is 12.0. The van der Waals surface area contributed by atoms with Crippen LogP contribution < -0.4 is 0 Å². The predicted octanol–water partition coefficient (Wildman–Crippen LogP) is 5.10. The van der Waals surface area contributed by atoms with Gasteiger partial charge in [-0.3, -0.25) is 0 Å². The van der Waals surface area contributed by atoms with E-state index in [0.717, 1.165) is 0 Å². The number of hydrogen-bond acceptors (Lipinski definition) is 5. The number of nitrogens with zero attached hydrogens (tertiary/aromatic N) is 2. The summed E-state index contributed by atoms with van der Waals surface area (Å²) in [6.45, 7) is 1.58.